The molecule has 0 aliphatic carbocycles. The number of benzene rings is 1. The fraction of sp³-hybridized carbons (Fsp3) is 0.462. The summed E-state index contributed by atoms with van der Waals surface area (Å²) in [5, 5.41) is 13.0. The molecule has 1 N–H and O–H groups in total. The minimum absolute atomic E-state index is 0.308. The zero-order chi connectivity index (χ0) is 12.8. The molecular formula is C13H18ClN3. The Kier molecular flexibility index (Phi) is 5.27. The van der Waals surface area contributed by atoms with Crippen molar-refractivity contribution in [3.63, 3.8) is 0 Å². The molecule has 1 atom stereocenters. The van der Waals surface area contributed by atoms with Crippen LogP contribution in [0.1, 0.15) is 18.9 Å². The third-order valence-electron chi connectivity index (χ3n) is 2.51. The molecule has 0 aromatic heterocycles. The summed E-state index contributed by atoms with van der Waals surface area (Å²) in [6.07, 6.45) is 1.02. The summed E-state index contributed by atoms with van der Waals surface area (Å²) < 4.78 is 0. The fourth-order valence-corrected chi connectivity index (χ4v) is 1.69. The van der Waals surface area contributed by atoms with Gasteiger partial charge in [0.25, 0.3) is 0 Å². The molecule has 1 aromatic carbocycles. The molecule has 0 saturated heterocycles. The largest absolute Gasteiger partial charge is 0.381 e. The van der Waals surface area contributed by atoms with Crippen molar-refractivity contribution in [2.24, 2.45) is 0 Å². The van der Waals surface area contributed by atoms with Crippen LogP contribution in [-0.2, 0) is 0 Å². The summed E-state index contributed by atoms with van der Waals surface area (Å²) in [4.78, 5) is 2.14. The predicted octanol–water partition coefficient (Wildman–Crippen LogP) is 2.96. The summed E-state index contributed by atoms with van der Waals surface area (Å²) in [6.45, 7) is 3.11. The van der Waals surface area contributed by atoms with Crippen molar-refractivity contribution in [3.05, 3.63) is 28.8 Å². The van der Waals surface area contributed by atoms with Crippen LogP contribution >= 0.6 is 11.6 Å². The Morgan fingerprint density at radius 2 is 2.18 bits per heavy atom. The van der Waals surface area contributed by atoms with Crippen LogP contribution in [0.2, 0.25) is 5.02 Å². The van der Waals surface area contributed by atoms with E-state index in [0.29, 0.717) is 16.6 Å². The summed E-state index contributed by atoms with van der Waals surface area (Å²) >= 11 is 5.93. The summed E-state index contributed by atoms with van der Waals surface area (Å²) in [6, 6.07) is 7.74. The highest BCUT2D eigenvalue weighted by molar-refractivity contribution is 6.30. The summed E-state index contributed by atoms with van der Waals surface area (Å²) in [7, 11) is 4.10. The Labute approximate surface area is 108 Å². The van der Waals surface area contributed by atoms with Crippen LogP contribution in [-0.4, -0.2) is 31.6 Å². The molecule has 1 rings (SSSR count). The molecule has 92 valence electrons. The molecule has 4 heteroatoms. The zero-order valence-corrected chi connectivity index (χ0v) is 11.3. The first kappa shape index (κ1) is 13.8. The number of nitrogens with one attached hydrogen (secondary N) is 1. The second kappa shape index (κ2) is 6.48. The smallest absolute Gasteiger partial charge is 0.101 e. The molecule has 0 radical (unpaired) electrons. The molecule has 0 aliphatic rings. The van der Waals surface area contributed by atoms with E-state index in [9.17, 15) is 0 Å². The van der Waals surface area contributed by atoms with Crippen LogP contribution in [0.5, 0.6) is 0 Å². The van der Waals surface area contributed by atoms with Gasteiger partial charge in [-0.15, -0.1) is 0 Å². The highest BCUT2D eigenvalue weighted by Crippen LogP contribution is 2.21. The molecule has 0 spiro atoms. The van der Waals surface area contributed by atoms with Gasteiger partial charge in [0.1, 0.15) is 6.07 Å². The summed E-state index contributed by atoms with van der Waals surface area (Å²) in [5.74, 6) is 0. The first-order chi connectivity index (χ1) is 8.02. The molecule has 1 aromatic rings. The van der Waals surface area contributed by atoms with Gasteiger partial charge in [0.05, 0.1) is 11.3 Å². The highest BCUT2D eigenvalue weighted by Gasteiger charge is 2.07. The Morgan fingerprint density at radius 1 is 1.47 bits per heavy atom. The number of anilines is 1. The molecule has 0 fully saturated rings. The van der Waals surface area contributed by atoms with Gasteiger partial charge in [0, 0.05) is 11.1 Å². The van der Waals surface area contributed by atoms with Gasteiger partial charge >= 0.3 is 0 Å². The molecule has 0 heterocycles. The first-order valence-electron chi connectivity index (χ1n) is 5.64. The van der Waals surface area contributed by atoms with Crippen LogP contribution in [0.4, 0.5) is 5.69 Å². The average molecular weight is 252 g/mol. The quantitative estimate of drug-likeness (QED) is 0.875. The van der Waals surface area contributed by atoms with Gasteiger partial charge in [-0.25, -0.2) is 0 Å². The molecule has 3 nitrogen and oxygen atoms in total. The Morgan fingerprint density at radius 3 is 2.76 bits per heavy atom. The number of rotatable bonds is 5. The number of nitriles is 1. The second-order valence-corrected chi connectivity index (χ2v) is 4.88. The maximum Gasteiger partial charge on any atom is 0.101 e. The zero-order valence-electron chi connectivity index (χ0n) is 10.5. The molecule has 17 heavy (non-hydrogen) atoms. The number of hydrogen-bond donors (Lipinski definition) is 1. The lowest BCUT2D eigenvalue weighted by Gasteiger charge is -2.18. The Bertz CT molecular complexity index is 410. The van der Waals surface area contributed by atoms with E-state index in [1.165, 1.54) is 0 Å². The van der Waals surface area contributed by atoms with E-state index in [-0.39, 0.29) is 0 Å². The van der Waals surface area contributed by atoms with E-state index in [4.69, 9.17) is 16.9 Å². The third kappa shape index (κ3) is 4.64. The molecule has 1 unspecified atom stereocenters. The van der Waals surface area contributed by atoms with Crippen molar-refractivity contribution in [3.8, 4) is 6.07 Å². The lowest BCUT2D eigenvalue weighted by Crippen LogP contribution is -2.23. The van der Waals surface area contributed by atoms with Crippen molar-refractivity contribution in [1.82, 2.24) is 4.90 Å². The van der Waals surface area contributed by atoms with E-state index in [0.717, 1.165) is 18.7 Å². The molecule has 0 aliphatic heterocycles. The highest BCUT2D eigenvalue weighted by atomic mass is 35.5. The van der Waals surface area contributed by atoms with E-state index in [1.54, 1.807) is 18.2 Å². The van der Waals surface area contributed by atoms with E-state index in [2.05, 4.69) is 23.2 Å². The van der Waals surface area contributed by atoms with Gasteiger partial charge in [-0.05, 0) is 52.2 Å². The van der Waals surface area contributed by atoms with Gasteiger partial charge in [0.2, 0.25) is 0 Å². The third-order valence-corrected chi connectivity index (χ3v) is 2.75. The molecule has 0 saturated carbocycles. The minimum atomic E-state index is 0.308. The van der Waals surface area contributed by atoms with Crippen LogP contribution in [0.25, 0.3) is 0 Å². The van der Waals surface area contributed by atoms with Crippen molar-refractivity contribution in [2.45, 2.75) is 19.4 Å². The maximum atomic E-state index is 9.00. The normalized spacial score (nSPS) is 12.2. The standard InChI is InChI=1S/C13H18ClN3/c1-10(6-7-17(2)3)16-13-8-12(14)5-4-11(13)9-15/h4-5,8,10,16H,6-7H2,1-3H3. The van der Waals surface area contributed by atoms with E-state index >= 15 is 0 Å². The van der Waals surface area contributed by atoms with Crippen molar-refractivity contribution in [1.29, 1.82) is 5.26 Å². The van der Waals surface area contributed by atoms with Crippen LogP contribution in [0.3, 0.4) is 0 Å². The lowest BCUT2D eigenvalue weighted by molar-refractivity contribution is 0.390. The SMILES string of the molecule is CC(CCN(C)C)Nc1cc(Cl)ccc1C#N. The van der Waals surface area contributed by atoms with Gasteiger partial charge in [-0.3, -0.25) is 0 Å². The van der Waals surface area contributed by atoms with Gasteiger partial charge in [-0.2, -0.15) is 5.26 Å². The van der Waals surface area contributed by atoms with Crippen molar-refractivity contribution in [2.75, 3.05) is 26.0 Å². The maximum absolute atomic E-state index is 9.00. The first-order valence-corrected chi connectivity index (χ1v) is 6.01. The number of nitrogens with zero attached hydrogens (tertiary/aromatic N) is 2. The van der Waals surface area contributed by atoms with Crippen molar-refractivity contribution < 1.29 is 0 Å². The Hall–Kier alpha value is -1.24. The van der Waals surface area contributed by atoms with Gasteiger partial charge < -0.3 is 10.2 Å². The Balaban J connectivity index is 2.67. The summed E-state index contributed by atoms with van der Waals surface area (Å²) in [5.41, 5.74) is 1.44. The number of halogens is 1. The van der Waals surface area contributed by atoms with Crippen molar-refractivity contribution >= 4 is 17.3 Å². The van der Waals surface area contributed by atoms with Gasteiger partial charge in [-0.1, -0.05) is 11.6 Å². The molecule has 0 bridgehead atoms. The van der Waals surface area contributed by atoms with E-state index in [1.807, 2.05) is 14.1 Å². The molecular weight excluding hydrogens is 234 g/mol. The fourth-order valence-electron chi connectivity index (χ4n) is 1.52. The van der Waals surface area contributed by atoms with E-state index < -0.39 is 0 Å². The second-order valence-electron chi connectivity index (χ2n) is 4.44. The predicted molar refractivity (Wildman–Crippen MR) is 72.4 cm³/mol. The average Bonchev–Trinajstić information content (AvgIpc) is 2.27. The minimum Gasteiger partial charge on any atom is -0.381 e. The van der Waals surface area contributed by atoms with Crippen LogP contribution < -0.4 is 5.32 Å². The molecule has 0 amide bonds. The van der Waals surface area contributed by atoms with Gasteiger partial charge in [0.15, 0.2) is 0 Å². The topological polar surface area (TPSA) is 39.1 Å². The lowest BCUT2D eigenvalue weighted by atomic mass is 10.1. The monoisotopic (exact) mass is 251 g/mol. The van der Waals surface area contributed by atoms with Crippen LogP contribution in [0, 0.1) is 11.3 Å². The number of hydrogen-bond acceptors (Lipinski definition) is 3. The van der Waals surface area contributed by atoms with Crippen LogP contribution in [0.15, 0.2) is 18.2 Å².